The summed E-state index contributed by atoms with van der Waals surface area (Å²) in [7, 11) is -3.58. The quantitative estimate of drug-likeness (QED) is 0.775. The Balaban J connectivity index is 1.67. The second-order valence-corrected chi connectivity index (χ2v) is 8.63. The first-order valence-corrected chi connectivity index (χ1v) is 9.98. The Kier molecular flexibility index (Phi) is 5.43. The van der Waals surface area contributed by atoms with Crippen LogP contribution in [0.2, 0.25) is 0 Å². The average Bonchev–Trinajstić information content (AvgIpc) is 2.99. The molecule has 2 aliphatic heterocycles. The van der Waals surface area contributed by atoms with Crippen LogP contribution in [0, 0.1) is 6.92 Å². The molecule has 0 bridgehead atoms. The third kappa shape index (κ3) is 4.03. The average molecular weight is 367 g/mol. The molecule has 8 heteroatoms. The maximum absolute atomic E-state index is 12.8. The van der Waals surface area contributed by atoms with Crippen molar-refractivity contribution >= 4 is 15.9 Å². The number of hydrogen-bond donors (Lipinski definition) is 0. The van der Waals surface area contributed by atoms with E-state index >= 15 is 0 Å². The zero-order valence-electron chi connectivity index (χ0n) is 14.7. The Morgan fingerprint density at radius 3 is 2.48 bits per heavy atom. The summed E-state index contributed by atoms with van der Waals surface area (Å²) in [5.41, 5.74) is 1.01. The van der Waals surface area contributed by atoms with Gasteiger partial charge >= 0.3 is 0 Å². The molecule has 2 heterocycles. The van der Waals surface area contributed by atoms with E-state index in [1.807, 2.05) is 13.8 Å². The molecule has 3 rings (SSSR count). The highest BCUT2D eigenvalue weighted by molar-refractivity contribution is 7.89. The largest absolute Gasteiger partial charge is 0.379 e. The van der Waals surface area contributed by atoms with E-state index in [4.69, 9.17) is 4.74 Å². The predicted octanol–water partition coefficient (Wildman–Crippen LogP) is 0.506. The van der Waals surface area contributed by atoms with Crippen molar-refractivity contribution in [1.29, 1.82) is 0 Å². The van der Waals surface area contributed by atoms with Crippen molar-refractivity contribution < 1.29 is 17.9 Å². The van der Waals surface area contributed by atoms with Gasteiger partial charge in [-0.15, -0.1) is 0 Å². The van der Waals surface area contributed by atoms with Gasteiger partial charge in [0.2, 0.25) is 15.9 Å². The molecule has 138 valence electrons. The zero-order chi connectivity index (χ0) is 18.0. The van der Waals surface area contributed by atoms with Gasteiger partial charge in [0, 0.05) is 25.7 Å². The van der Waals surface area contributed by atoms with Crippen molar-refractivity contribution in [2.24, 2.45) is 0 Å². The molecule has 1 amide bonds. The van der Waals surface area contributed by atoms with Gasteiger partial charge in [0.25, 0.3) is 0 Å². The van der Waals surface area contributed by atoms with Crippen molar-refractivity contribution in [2.75, 3.05) is 46.1 Å². The zero-order valence-corrected chi connectivity index (χ0v) is 15.5. The number of carbonyl (C=O) groups excluding carboxylic acids is 1. The normalized spacial score (nSPS) is 23.1. The second-order valence-electron chi connectivity index (χ2n) is 6.69. The molecule has 0 aliphatic carbocycles. The maximum Gasteiger partial charge on any atom is 0.244 e. The topological polar surface area (TPSA) is 70.2 Å². The van der Waals surface area contributed by atoms with E-state index in [9.17, 15) is 13.2 Å². The third-order valence-corrected chi connectivity index (χ3v) is 6.56. The van der Waals surface area contributed by atoms with E-state index in [0.29, 0.717) is 26.3 Å². The van der Waals surface area contributed by atoms with E-state index in [-0.39, 0.29) is 23.5 Å². The minimum absolute atomic E-state index is 0.0315. The lowest BCUT2D eigenvalue weighted by molar-refractivity contribution is -0.134. The first kappa shape index (κ1) is 18.3. The Hall–Kier alpha value is -1.48. The fourth-order valence-electron chi connectivity index (χ4n) is 3.16. The SMILES string of the molecule is Cc1ccc(S(=O)(=O)N2C[C@@H](C)N(C(=O)CN3CCOCC3)C2)cc1. The van der Waals surface area contributed by atoms with Gasteiger partial charge < -0.3 is 9.64 Å². The standard InChI is InChI=1S/C17H25N3O4S/c1-14-3-5-16(6-4-14)25(22,23)19-11-15(2)20(13-19)17(21)12-18-7-9-24-10-8-18/h3-6,15H,7-13H2,1-2H3/t15-/m1/s1. The van der Waals surface area contributed by atoms with Crippen molar-refractivity contribution in [3.63, 3.8) is 0 Å². The highest BCUT2D eigenvalue weighted by Crippen LogP contribution is 2.23. The van der Waals surface area contributed by atoms with Gasteiger partial charge in [-0.3, -0.25) is 9.69 Å². The third-order valence-electron chi connectivity index (χ3n) is 4.75. The van der Waals surface area contributed by atoms with Crippen molar-refractivity contribution in [2.45, 2.75) is 24.8 Å². The Bertz CT molecular complexity index is 714. The molecule has 0 radical (unpaired) electrons. The summed E-state index contributed by atoms with van der Waals surface area (Å²) in [6.07, 6.45) is 0. The van der Waals surface area contributed by atoms with Gasteiger partial charge in [0.1, 0.15) is 0 Å². The summed E-state index contributed by atoms with van der Waals surface area (Å²) in [5, 5.41) is 0. The Morgan fingerprint density at radius 2 is 1.84 bits per heavy atom. The van der Waals surface area contributed by atoms with Crippen LogP contribution in [0.15, 0.2) is 29.2 Å². The monoisotopic (exact) mass is 367 g/mol. The molecule has 2 saturated heterocycles. The first-order chi connectivity index (χ1) is 11.9. The summed E-state index contributed by atoms with van der Waals surface area (Å²) < 4.78 is 32.3. The van der Waals surface area contributed by atoms with Gasteiger partial charge in [-0.2, -0.15) is 4.31 Å². The van der Waals surface area contributed by atoms with Gasteiger partial charge in [-0.1, -0.05) is 17.7 Å². The molecular formula is C17H25N3O4S. The van der Waals surface area contributed by atoms with E-state index in [2.05, 4.69) is 4.90 Å². The summed E-state index contributed by atoms with van der Waals surface area (Å²) >= 11 is 0. The number of nitrogens with zero attached hydrogens (tertiary/aromatic N) is 3. The molecule has 0 unspecified atom stereocenters. The van der Waals surface area contributed by atoms with Crippen molar-refractivity contribution in [3.8, 4) is 0 Å². The van der Waals surface area contributed by atoms with Crippen LogP contribution < -0.4 is 0 Å². The van der Waals surface area contributed by atoms with Crippen LogP contribution in [0.3, 0.4) is 0 Å². The van der Waals surface area contributed by atoms with Gasteiger partial charge in [-0.25, -0.2) is 8.42 Å². The molecule has 0 N–H and O–H groups in total. The maximum atomic E-state index is 12.8. The van der Waals surface area contributed by atoms with Crippen LogP contribution in [-0.2, 0) is 19.6 Å². The minimum atomic E-state index is -3.58. The number of aryl methyl sites for hydroxylation is 1. The Morgan fingerprint density at radius 1 is 1.20 bits per heavy atom. The number of morpholine rings is 1. The highest BCUT2D eigenvalue weighted by atomic mass is 32.2. The van der Waals surface area contributed by atoms with Crippen LogP contribution in [0.1, 0.15) is 12.5 Å². The molecule has 25 heavy (non-hydrogen) atoms. The fourth-order valence-corrected chi connectivity index (χ4v) is 4.63. The molecular weight excluding hydrogens is 342 g/mol. The van der Waals surface area contributed by atoms with E-state index in [1.165, 1.54) is 4.31 Å². The lowest BCUT2D eigenvalue weighted by Crippen LogP contribution is -2.46. The molecule has 0 saturated carbocycles. The molecule has 7 nitrogen and oxygen atoms in total. The number of sulfonamides is 1. The van der Waals surface area contributed by atoms with Crippen LogP contribution >= 0.6 is 0 Å². The lowest BCUT2D eigenvalue weighted by Gasteiger charge is -2.29. The molecule has 2 fully saturated rings. The summed E-state index contributed by atoms with van der Waals surface area (Å²) in [4.78, 5) is 16.6. The molecule has 0 spiro atoms. The molecule has 2 aliphatic rings. The number of hydrogen-bond acceptors (Lipinski definition) is 5. The number of benzene rings is 1. The lowest BCUT2D eigenvalue weighted by atomic mass is 10.2. The Labute approximate surface area is 149 Å². The second kappa shape index (κ2) is 7.41. The smallest absolute Gasteiger partial charge is 0.244 e. The van der Waals surface area contributed by atoms with Crippen LogP contribution in [0.5, 0.6) is 0 Å². The molecule has 1 aromatic carbocycles. The van der Waals surface area contributed by atoms with Gasteiger partial charge in [-0.05, 0) is 26.0 Å². The summed E-state index contributed by atoms with van der Waals surface area (Å²) in [5.74, 6) is -0.0315. The van der Waals surface area contributed by atoms with Gasteiger partial charge in [0.05, 0.1) is 31.3 Å². The first-order valence-electron chi connectivity index (χ1n) is 8.54. The number of carbonyl (C=O) groups is 1. The highest BCUT2D eigenvalue weighted by Gasteiger charge is 2.38. The molecule has 1 aromatic rings. The van der Waals surface area contributed by atoms with Crippen molar-refractivity contribution in [1.82, 2.24) is 14.1 Å². The van der Waals surface area contributed by atoms with Crippen LogP contribution in [0.25, 0.3) is 0 Å². The summed E-state index contributed by atoms with van der Waals surface area (Å²) in [6.45, 7) is 7.30. The van der Waals surface area contributed by atoms with Gasteiger partial charge in [0.15, 0.2) is 0 Å². The molecule has 1 atom stereocenters. The van der Waals surface area contributed by atoms with E-state index < -0.39 is 10.0 Å². The van der Waals surface area contributed by atoms with Crippen molar-refractivity contribution in [3.05, 3.63) is 29.8 Å². The predicted molar refractivity (Wildman–Crippen MR) is 93.5 cm³/mol. The van der Waals surface area contributed by atoms with Crippen LogP contribution in [0.4, 0.5) is 0 Å². The minimum Gasteiger partial charge on any atom is -0.379 e. The number of ether oxygens (including phenoxy) is 1. The van der Waals surface area contributed by atoms with E-state index in [1.54, 1.807) is 29.2 Å². The van der Waals surface area contributed by atoms with E-state index in [0.717, 1.165) is 18.7 Å². The molecule has 0 aromatic heterocycles. The van der Waals surface area contributed by atoms with Crippen LogP contribution in [-0.4, -0.2) is 80.5 Å². The fraction of sp³-hybridized carbons (Fsp3) is 0.588. The number of rotatable bonds is 4. The summed E-state index contributed by atoms with van der Waals surface area (Å²) in [6, 6.07) is 6.68. The number of amides is 1.